The molecule has 14 heavy (non-hydrogen) atoms. The first-order chi connectivity index (χ1) is 6.77. The monoisotopic (exact) mass is 229 g/mol. The van der Waals surface area contributed by atoms with Crippen LogP contribution in [0.2, 0.25) is 0 Å². The van der Waals surface area contributed by atoms with Crippen molar-refractivity contribution in [1.82, 2.24) is 4.98 Å². The van der Waals surface area contributed by atoms with Crippen LogP contribution in [0.3, 0.4) is 0 Å². The number of rotatable bonds is 2. The van der Waals surface area contributed by atoms with Crippen molar-refractivity contribution in [3.63, 3.8) is 0 Å². The fourth-order valence-corrected chi connectivity index (χ4v) is 1.94. The Morgan fingerprint density at radius 2 is 2.43 bits per heavy atom. The number of aromatic nitrogens is 1. The molecule has 2 rings (SSSR count). The normalized spacial score (nSPS) is 12.0. The van der Waals surface area contributed by atoms with Gasteiger partial charge >= 0.3 is 8.08 Å². The van der Waals surface area contributed by atoms with Gasteiger partial charge in [-0.1, -0.05) is 6.07 Å². The van der Waals surface area contributed by atoms with Gasteiger partial charge in [0.2, 0.25) is 0 Å². The molecule has 6 heteroatoms. The van der Waals surface area contributed by atoms with Crippen LogP contribution in [-0.2, 0) is 0 Å². The molecule has 0 saturated heterocycles. The lowest BCUT2D eigenvalue weighted by Gasteiger charge is -1.97. The van der Waals surface area contributed by atoms with Crippen LogP contribution in [0.5, 0.6) is 5.75 Å². The zero-order valence-electron chi connectivity index (χ0n) is 6.88. The van der Waals surface area contributed by atoms with E-state index in [1.807, 2.05) is 6.07 Å². The summed E-state index contributed by atoms with van der Waals surface area (Å²) in [6.45, 7) is 0. The van der Waals surface area contributed by atoms with Gasteiger partial charge in [0.25, 0.3) is 5.98 Å². The molecule has 0 fully saturated rings. The average molecular weight is 229 g/mol. The van der Waals surface area contributed by atoms with E-state index in [0.717, 1.165) is 4.70 Å². The molecule has 0 radical (unpaired) electrons. The minimum absolute atomic E-state index is 0.421. The Hall–Kier alpha value is -1.03. The van der Waals surface area contributed by atoms with Gasteiger partial charge in [-0.3, -0.25) is 0 Å². The molecule has 1 aromatic carbocycles. The molecule has 0 aliphatic carbocycles. The number of nitrogens with zero attached hydrogens (tertiary/aromatic N) is 1. The van der Waals surface area contributed by atoms with E-state index in [9.17, 15) is 9.09 Å². The Balaban J connectivity index is 2.41. The van der Waals surface area contributed by atoms with Crippen LogP contribution in [0, 0.1) is 0 Å². The van der Waals surface area contributed by atoms with Gasteiger partial charge in [0.05, 0.1) is 10.2 Å². The largest absolute Gasteiger partial charge is 0.596 e. The highest BCUT2D eigenvalue weighted by Gasteiger charge is 2.04. The topological polar surface area (TPSA) is 45.2 Å². The Kier molecular flexibility index (Phi) is 2.72. The summed E-state index contributed by atoms with van der Waals surface area (Å²) in [7, 11) is -2.89. The molecule has 0 spiro atoms. The molecule has 3 nitrogen and oxygen atoms in total. The summed E-state index contributed by atoms with van der Waals surface area (Å²) < 4.78 is 17.9. The lowest BCUT2D eigenvalue weighted by Crippen LogP contribution is -1.93. The highest BCUT2D eigenvalue weighted by atomic mass is 32.1. The Morgan fingerprint density at radius 1 is 1.57 bits per heavy atom. The number of fused-ring (bicyclic) bond motifs is 1. The highest BCUT2D eigenvalue weighted by molar-refractivity contribution is 7.43. The highest BCUT2D eigenvalue weighted by Crippen LogP contribution is 2.27. The minimum atomic E-state index is -2.89. The van der Waals surface area contributed by atoms with Crippen LogP contribution >= 0.6 is 19.4 Å². The average Bonchev–Trinajstić information content (AvgIpc) is 2.62. The number of halogens is 1. The quantitative estimate of drug-likeness (QED) is 0.740. The van der Waals surface area contributed by atoms with Crippen molar-refractivity contribution in [3.8, 4) is 5.75 Å². The number of ether oxygens (including phenoxy) is 1. The molecule has 0 bridgehead atoms. The predicted octanol–water partition coefficient (Wildman–Crippen LogP) is 2.08. The molecule has 0 aliphatic rings. The standard InChI is InChI=1S/C8H5FNO2PS/c9-13(11)5-12-6-2-1-3-7-8(6)10-4-14-7/h1-5H. The first-order valence-corrected chi connectivity index (χ1v) is 5.81. The van der Waals surface area contributed by atoms with Crippen molar-refractivity contribution in [2.75, 3.05) is 0 Å². The molecule has 0 saturated carbocycles. The summed E-state index contributed by atoms with van der Waals surface area (Å²) in [5.41, 5.74) is 2.33. The van der Waals surface area contributed by atoms with Crippen LogP contribution in [0.15, 0.2) is 23.7 Å². The Labute approximate surface area is 84.4 Å². The van der Waals surface area contributed by atoms with E-state index < -0.39 is 8.08 Å². The molecule has 2 aromatic rings. The molecule has 1 heterocycles. The van der Waals surface area contributed by atoms with E-state index in [-0.39, 0.29) is 0 Å². The third kappa shape index (κ3) is 1.90. The second-order valence-corrected chi connectivity index (χ2v) is 4.09. The van der Waals surface area contributed by atoms with Gasteiger partial charge < -0.3 is 9.63 Å². The lowest BCUT2D eigenvalue weighted by molar-refractivity contribution is -0.162. The second kappa shape index (κ2) is 4.00. The zero-order chi connectivity index (χ0) is 9.97. The molecule has 1 atom stereocenters. The maximum Gasteiger partial charge on any atom is 0.324 e. The lowest BCUT2D eigenvalue weighted by atomic mass is 10.3. The second-order valence-electron chi connectivity index (χ2n) is 2.45. The van der Waals surface area contributed by atoms with Crippen LogP contribution in [0.25, 0.3) is 10.2 Å². The fourth-order valence-electron chi connectivity index (χ4n) is 1.05. The molecular formula is C8H5FNO2PS. The first-order valence-electron chi connectivity index (χ1n) is 3.72. The van der Waals surface area contributed by atoms with E-state index in [4.69, 9.17) is 4.74 Å². The van der Waals surface area contributed by atoms with Crippen molar-refractivity contribution in [2.24, 2.45) is 0 Å². The minimum Gasteiger partial charge on any atom is -0.596 e. The van der Waals surface area contributed by atoms with E-state index in [1.54, 1.807) is 17.6 Å². The number of hydrogen-bond donors (Lipinski definition) is 0. The third-order valence-corrected chi connectivity index (χ3v) is 2.65. The van der Waals surface area contributed by atoms with Crippen LogP contribution in [-0.4, -0.2) is 11.0 Å². The summed E-state index contributed by atoms with van der Waals surface area (Å²) in [5.74, 6) is 1.09. The van der Waals surface area contributed by atoms with Crippen LogP contribution in [0.1, 0.15) is 0 Å². The van der Waals surface area contributed by atoms with E-state index in [0.29, 0.717) is 17.2 Å². The van der Waals surface area contributed by atoms with Crippen LogP contribution < -0.4 is 9.63 Å². The zero-order valence-corrected chi connectivity index (χ0v) is 8.59. The smallest absolute Gasteiger partial charge is 0.324 e. The van der Waals surface area contributed by atoms with E-state index >= 15 is 0 Å². The van der Waals surface area contributed by atoms with Gasteiger partial charge in [-0.15, -0.1) is 11.3 Å². The maximum atomic E-state index is 12.0. The third-order valence-electron chi connectivity index (χ3n) is 1.59. The SMILES string of the molecule is [O-][P+](F)=COc1cccc2scnc12. The maximum absolute atomic E-state index is 12.0. The van der Waals surface area contributed by atoms with E-state index in [2.05, 4.69) is 4.98 Å². The van der Waals surface area contributed by atoms with Gasteiger partial charge in [0.15, 0.2) is 5.75 Å². The summed E-state index contributed by atoms with van der Waals surface area (Å²) >= 11 is 1.46. The number of para-hydroxylation sites is 1. The van der Waals surface area contributed by atoms with Crippen molar-refractivity contribution in [1.29, 1.82) is 0 Å². The summed E-state index contributed by atoms with van der Waals surface area (Å²) in [5, 5.41) is 0. The molecule has 0 N–H and O–H groups in total. The van der Waals surface area contributed by atoms with Gasteiger partial charge in [0.1, 0.15) is 5.52 Å². The molecule has 72 valence electrons. The number of benzene rings is 1. The molecular weight excluding hydrogens is 224 g/mol. The summed E-state index contributed by atoms with van der Waals surface area (Å²) in [4.78, 5) is 14.2. The summed E-state index contributed by atoms with van der Waals surface area (Å²) in [6, 6.07) is 5.31. The fraction of sp³-hybridized carbons (Fsp3) is 0. The predicted molar refractivity (Wildman–Crippen MR) is 54.3 cm³/mol. The van der Waals surface area contributed by atoms with Gasteiger partial charge in [0, 0.05) is 4.20 Å². The molecule has 0 amide bonds. The van der Waals surface area contributed by atoms with Crippen molar-refractivity contribution < 1.29 is 13.8 Å². The van der Waals surface area contributed by atoms with Gasteiger partial charge in [-0.25, -0.2) is 4.98 Å². The first kappa shape index (κ1) is 9.52. The van der Waals surface area contributed by atoms with Crippen molar-refractivity contribution in [3.05, 3.63) is 23.7 Å². The van der Waals surface area contributed by atoms with Crippen LogP contribution in [0.4, 0.5) is 4.20 Å². The Morgan fingerprint density at radius 3 is 3.21 bits per heavy atom. The van der Waals surface area contributed by atoms with Gasteiger partial charge in [-0.05, 0) is 12.1 Å². The summed E-state index contributed by atoms with van der Waals surface area (Å²) in [6.07, 6.45) is 0. The van der Waals surface area contributed by atoms with Crippen molar-refractivity contribution >= 4 is 35.6 Å². The molecule has 0 aliphatic heterocycles. The molecule has 1 unspecified atom stereocenters. The van der Waals surface area contributed by atoms with E-state index in [1.165, 1.54) is 11.3 Å². The van der Waals surface area contributed by atoms with Gasteiger partial charge in [-0.2, -0.15) is 0 Å². The number of hydrogen-bond acceptors (Lipinski definition) is 4. The number of thiazole rings is 1. The molecule has 1 aromatic heterocycles. The van der Waals surface area contributed by atoms with Crippen molar-refractivity contribution in [2.45, 2.75) is 0 Å². The Bertz CT molecular complexity index is 481.